The average Bonchev–Trinajstić information content (AvgIpc) is 2.45. The lowest BCUT2D eigenvalue weighted by atomic mass is 9.74. The summed E-state index contributed by atoms with van der Waals surface area (Å²) in [5.41, 5.74) is 2.09. The van der Waals surface area contributed by atoms with Gasteiger partial charge in [0.25, 0.3) is 5.91 Å². The predicted molar refractivity (Wildman–Crippen MR) is 78.5 cm³/mol. The van der Waals surface area contributed by atoms with Crippen LogP contribution in [0.15, 0.2) is 24.3 Å². The van der Waals surface area contributed by atoms with Crippen molar-refractivity contribution < 1.29 is 4.79 Å². The van der Waals surface area contributed by atoms with Gasteiger partial charge < -0.3 is 10.2 Å². The molecule has 104 valence electrons. The number of hydrogen-bond acceptors (Lipinski definition) is 2. The molecule has 3 heteroatoms. The summed E-state index contributed by atoms with van der Waals surface area (Å²) in [6.45, 7) is 10.6. The first kappa shape index (κ1) is 14.1. The van der Waals surface area contributed by atoms with Crippen LogP contribution in [0.4, 0.5) is 0 Å². The number of nitrogens with one attached hydrogen (secondary N) is 1. The van der Waals surface area contributed by atoms with Gasteiger partial charge in [-0.2, -0.15) is 0 Å². The second-order valence-electron chi connectivity index (χ2n) is 5.57. The van der Waals surface area contributed by atoms with Gasteiger partial charge in [0, 0.05) is 17.5 Å². The van der Waals surface area contributed by atoms with Crippen LogP contribution in [0.5, 0.6) is 0 Å². The molecule has 0 saturated heterocycles. The van der Waals surface area contributed by atoms with E-state index in [9.17, 15) is 4.79 Å². The Balaban J connectivity index is 2.20. The molecule has 0 saturated carbocycles. The number of carbonyl (C=O) groups is 1. The summed E-state index contributed by atoms with van der Waals surface area (Å²) < 4.78 is 0. The lowest BCUT2D eigenvalue weighted by Gasteiger charge is -2.37. The van der Waals surface area contributed by atoms with Crippen molar-refractivity contribution in [2.75, 3.05) is 26.2 Å². The van der Waals surface area contributed by atoms with Gasteiger partial charge in [-0.25, -0.2) is 0 Å². The summed E-state index contributed by atoms with van der Waals surface area (Å²) in [5.74, 6) is 0.0657. The highest BCUT2D eigenvalue weighted by atomic mass is 16.1. The highest BCUT2D eigenvalue weighted by Crippen LogP contribution is 2.33. The van der Waals surface area contributed by atoms with Crippen molar-refractivity contribution in [3.05, 3.63) is 35.4 Å². The van der Waals surface area contributed by atoms with Gasteiger partial charge in [-0.1, -0.05) is 39.0 Å². The molecule has 0 aromatic heterocycles. The quantitative estimate of drug-likeness (QED) is 0.882. The molecule has 1 amide bonds. The maximum atomic E-state index is 11.9. The van der Waals surface area contributed by atoms with Gasteiger partial charge in [0.2, 0.25) is 0 Å². The van der Waals surface area contributed by atoms with Crippen LogP contribution in [0.25, 0.3) is 0 Å². The Hall–Kier alpha value is -1.35. The summed E-state index contributed by atoms with van der Waals surface area (Å²) >= 11 is 0. The van der Waals surface area contributed by atoms with Crippen molar-refractivity contribution in [3.63, 3.8) is 0 Å². The van der Waals surface area contributed by atoms with Crippen LogP contribution in [0, 0.1) is 0 Å². The lowest BCUT2D eigenvalue weighted by Crippen LogP contribution is -2.46. The smallest absolute Gasteiger partial charge is 0.251 e. The molecule has 1 heterocycles. The highest BCUT2D eigenvalue weighted by Gasteiger charge is 2.34. The van der Waals surface area contributed by atoms with Crippen LogP contribution >= 0.6 is 0 Å². The largest absolute Gasteiger partial charge is 0.351 e. The lowest BCUT2D eigenvalue weighted by molar-refractivity contribution is 0.0922. The molecule has 1 N–H and O–H groups in total. The zero-order valence-electron chi connectivity index (χ0n) is 12.2. The molecule has 0 spiro atoms. The van der Waals surface area contributed by atoms with Crippen LogP contribution in [0.3, 0.4) is 0 Å². The fourth-order valence-corrected chi connectivity index (χ4v) is 2.84. The zero-order valence-corrected chi connectivity index (χ0v) is 12.2. The van der Waals surface area contributed by atoms with Gasteiger partial charge in [0.1, 0.15) is 0 Å². The third kappa shape index (κ3) is 2.81. The number of rotatable bonds is 5. The molecule has 0 bridgehead atoms. The number of hydrogen-bond donors (Lipinski definition) is 1. The van der Waals surface area contributed by atoms with E-state index in [-0.39, 0.29) is 11.3 Å². The first-order valence-electron chi connectivity index (χ1n) is 7.21. The number of nitrogens with zero attached hydrogens (tertiary/aromatic N) is 1. The molecule has 19 heavy (non-hydrogen) atoms. The third-order valence-electron chi connectivity index (χ3n) is 4.34. The normalized spacial score (nSPS) is 22.2. The van der Waals surface area contributed by atoms with Crippen LogP contribution in [-0.4, -0.2) is 37.0 Å². The first-order chi connectivity index (χ1) is 9.10. The van der Waals surface area contributed by atoms with E-state index >= 15 is 0 Å². The van der Waals surface area contributed by atoms with Crippen molar-refractivity contribution >= 4 is 5.91 Å². The molecule has 1 unspecified atom stereocenters. The second kappa shape index (κ2) is 5.74. The fraction of sp³-hybridized carbons (Fsp3) is 0.562. The van der Waals surface area contributed by atoms with Crippen molar-refractivity contribution in [2.24, 2.45) is 0 Å². The van der Waals surface area contributed by atoms with Gasteiger partial charge in [0.15, 0.2) is 0 Å². The number of amides is 1. The number of fused-ring (bicyclic) bond motifs is 1. The maximum absolute atomic E-state index is 11.9. The summed E-state index contributed by atoms with van der Waals surface area (Å²) in [7, 11) is 0. The Morgan fingerprint density at radius 1 is 1.26 bits per heavy atom. The van der Waals surface area contributed by atoms with E-state index in [1.54, 1.807) is 0 Å². The zero-order chi connectivity index (χ0) is 13.9. The molecule has 3 nitrogen and oxygen atoms in total. The Bertz CT molecular complexity index is 454. The molecule has 1 aliphatic rings. The molecule has 1 atom stereocenters. The van der Waals surface area contributed by atoms with Crippen molar-refractivity contribution in [2.45, 2.75) is 32.6 Å². The molecule has 1 aliphatic heterocycles. The van der Waals surface area contributed by atoms with Crippen molar-refractivity contribution in [1.29, 1.82) is 0 Å². The monoisotopic (exact) mass is 260 g/mol. The van der Waals surface area contributed by atoms with Crippen LogP contribution in [-0.2, 0) is 5.41 Å². The Morgan fingerprint density at radius 2 is 1.95 bits per heavy atom. The SMILES string of the molecule is CCN(CC)CCC1(C)CNC(=O)c2ccccc21. The van der Waals surface area contributed by atoms with E-state index < -0.39 is 0 Å². The number of carbonyl (C=O) groups excluding carboxylic acids is 1. The summed E-state index contributed by atoms with van der Waals surface area (Å²) in [6.07, 6.45) is 1.08. The molecular weight excluding hydrogens is 236 g/mol. The van der Waals surface area contributed by atoms with E-state index in [1.807, 2.05) is 18.2 Å². The van der Waals surface area contributed by atoms with Gasteiger partial charge >= 0.3 is 0 Å². The first-order valence-corrected chi connectivity index (χ1v) is 7.21. The van der Waals surface area contributed by atoms with Crippen LogP contribution in [0.2, 0.25) is 0 Å². The summed E-state index contributed by atoms with van der Waals surface area (Å²) in [6, 6.07) is 8.01. The van der Waals surface area contributed by atoms with E-state index in [2.05, 4.69) is 37.1 Å². The van der Waals surface area contributed by atoms with E-state index in [4.69, 9.17) is 0 Å². The van der Waals surface area contributed by atoms with Gasteiger partial charge in [0.05, 0.1) is 0 Å². The minimum absolute atomic E-state index is 0.0487. The number of benzene rings is 1. The Kier molecular flexibility index (Phi) is 4.25. The standard InChI is InChI=1S/C16H24N2O/c1-4-18(5-2)11-10-16(3)12-17-15(19)13-8-6-7-9-14(13)16/h6-9H,4-5,10-12H2,1-3H3,(H,17,19). The topological polar surface area (TPSA) is 32.3 Å². The Labute approximate surface area is 116 Å². The molecule has 0 radical (unpaired) electrons. The predicted octanol–water partition coefficient (Wildman–Crippen LogP) is 2.42. The molecule has 0 aliphatic carbocycles. The summed E-state index contributed by atoms with van der Waals surface area (Å²) in [5, 5.41) is 3.03. The minimum Gasteiger partial charge on any atom is -0.351 e. The molecule has 2 rings (SSSR count). The van der Waals surface area contributed by atoms with Gasteiger partial charge in [-0.05, 0) is 37.7 Å². The molecule has 1 aromatic rings. The van der Waals surface area contributed by atoms with Crippen LogP contribution in [0.1, 0.15) is 43.1 Å². The van der Waals surface area contributed by atoms with Crippen LogP contribution < -0.4 is 5.32 Å². The van der Waals surface area contributed by atoms with E-state index in [0.29, 0.717) is 0 Å². The minimum atomic E-state index is 0.0487. The second-order valence-corrected chi connectivity index (χ2v) is 5.57. The molecule has 0 fully saturated rings. The van der Waals surface area contributed by atoms with Gasteiger partial charge in [-0.3, -0.25) is 4.79 Å². The molecular formula is C16H24N2O. The Morgan fingerprint density at radius 3 is 2.63 bits per heavy atom. The maximum Gasteiger partial charge on any atom is 0.251 e. The van der Waals surface area contributed by atoms with Crippen molar-refractivity contribution in [1.82, 2.24) is 10.2 Å². The highest BCUT2D eigenvalue weighted by molar-refractivity contribution is 5.97. The average molecular weight is 260 g/mol. The molecule has 1 aromatic carbocycles. The third-order valence-corrected chi connectivity index (χ3v) is 4.34. The van der Waals surface area contributed by atoms with E-state index in [1.165, 1.54) is 5.56 Å². The van der Waals surface area contributed by atoms with E-state index in [0.717, 1.165) is 38.2 Å². The van der Waals surface area contributed by atoms with Crippen molar-refractivity contribution in [3.8, 4) is 0 Å². The van der Waals surface area contributed by atoms with Gasteiger partial charge in [-0.15, -0.1) is 0 Å². The summed E-state index contributed by atoms with van der Waals surface area (Å²) in [4.78, 5) is 14.3. The fourth-order valence-electron chi connectivity index (χ4n) is 2.84.